The van der Waals surface area contributed by atoms with E-state index >= 15 is 0 Å². The molecule has 0 aromatic carbocycles. The topological polar surface area (TPSA) is 154 Å². The van der Waals surface area contributed by atoms with Crippen LogP contribution in [0.4, 0.5) is 16.0 Å². The highest BCUT2D eigenvalue weighted by Gasteiger charge is 2.44. The number of hydrogen-bond acceptors (Lipinski definition) is 10. The molecule has 3 N–H and O–H groups in total. The Balaban J connectivity index is 1.12. The van der Waals surface area contributed by atoms with Gasteiger partial charge in [0, 0.05) is 31.0 Å². The summed E-state index contributed by atoms with van der Waals surface area (Å²) in [6.45, 7) is 3.86. The molecule has 1 fully saturated rings. The predicted octanol–water partition coefficient (Wildman–Crippen LogP) is 3.62. The molecule has 214 valence electrons. The van der Waals surface area contributed by atoms with Gasteiger partial charge in [-0.05, 0) is 51.2 Å². The van der Waals surface area contributed by atoms with E-state index < -0.39 is 11.4 Å². The zero-order valence-corrected chi connectivity index (χ0v) is 22.8. The summed E-state index contributed by atoms with van der Waals surface area (Å²) in [5.41, 5.74) is 0.732. The number of ether oxygens (including phenoxy) is 3. The number of amides is 1. The first-order valence-electron chi connectivity index (χ1n) is 13.3. The number of aromatic nitrogens is 7. The molecule has 4 aromatic rings. The second kappa shape index (κ2) is 10.8. The highest BCUT2D eigenvalue weighted by molar-refractivity contribution is 5.85. The molecule has 1 amide bonds. The number of H-pyrrole nitrogens is 1. The van der Waals surface area contributed by atoms with Crippen LogP contribution in [-0.2, 0) is 9.53 Å². The number of anilines is 2. The quantitative estimate of drug-likeness (QED) is 0.290. The summed E-state index contributed by atoms with van der Waals surface area (Å²) < 4.78 is 31.6. The van der Waals surface area contributed by atoms with Crippen LogP contribution in [0.5, 0.6) is 11.6 Å². The Morgan fingerprint density at radius 3 is 2.73 bits per heavy atom. The summed E-state index contributed by atoms with van der Waals surface area (Å²) >= 11 is 0. The van der Waals surface area contributed by atoms with Gasteiger partial charge in [-0.15, -0.1) is 0 Å². The summed E-state index contributed by atoms with van der Waals surface area (Å²) in [5, 5.41) is 17.3. The summed E-state index contributed by atoms with van der Waals surface area (Å²) in [6, 6.07) is 5.10. The van der Waals surface area contributed by atoms with Gasteiger partial charge in [0.25, 0.3) is 11.8 Å². The Morgan fingerprint density at radius 2 is 2.07 bits per heavy atom. The molecule has 14 heteroatoms. The van der Waals surface area contributed by atoms with E-state index in [4.69, 9.17) is 19.2 Å². The molecule has 1 aliphatic carbocycles. The van der Waals surface area contributed by atoms with Crippen LogP contribution in [0.3, 0.4) is 0 Å². The van der Waals surface area contributed by atoms with Gasteiger partial charge in [0.15, 0.2) is 23.3 Å². The number of aromatic amines is 1. The second-order valence-corrected chi connectivity index (χ2v) is 10.3. The van der Waals surface area contributed by atoms with Crippen LogP contribution in [0.25, 0.3) is 5.82 Å². The van der Waals surface area contributed by atoms with Crippen molar-refractivity contribution in [3.8, 4) is 17.4 Å². The van der Waals surface area contributed by atoms with Gasteiger partial charge in [-0.2, -0.15) is 15.2 Å². The molecule has 5 heterocycles. The van der Waals surface area contributed by atoms with Gasteiger partial charge < -0.3 is 24.8 Å². The number of nitrogens with zero attached hydrogens (tertiary/aromatic N) is 6. The second-order valence-electron chi connectivity index (χ2n) is 10.3. The van der Waals surface area contributed by atoms with Crippen LogP contribution in [-0.4, -0.2) is 60.3 Å². The number of halogens is 1. The molecular formula is C27H30FN9O4. The molecule has 1 aliphatic heterocycles. The van der Waals surface area contributed by atoms with Crippen molar-refractivity contribution >= 4 is 17.5 Å². The van der Waals surface area contributed by atoms with E-state index in [-0.39, 0.29) is 24.7 Å². The predicted molar refractivity (Wildman–Crippen MR) is 144 cm³/mol. The first kappa shape index (κ1) is 26.6. The van der Waals surface area contributed by atoms with Crippen molar-refractivity contribution in [2.24, 2.45) is 0 Å². The summed E-state index contributed by atoms with van der Waals surface area (Å²) in [4.78, 5) is 27.2. The normalized spacial score (nSPS) is 20.5. The van der Waals surface area contributed by atoms with E-state index in [1.807, 2.05) is 26.0 Å². The first-order chi connectivity index (χ1) is 19.8. The van der Waals surface area contributed by atoms with Crippen LogP contribution < -0.4 is 20.1 Å². The average Bonchev–Trinajstić information content (AvgIpc) is 3.74. The van der Waals surface area contributed by atoms with Crippen molar-refractivity contribution in [2.75, 3.05) is 19.2 Å². The lowest BCUT2D eigenvalue weighted by Gasteiger charge is -2.38. The molecule has 0 spiro atoms. The number of fused-ring (bicyclic) bond motifs is 1. The number of carbonyl (C=O) groups excluding carboxylic acids is 1. The minimum atomic E-state index is -0.977. The minimum absolute atomic E-state index is 0.00310. The number of pyridine rings is 1. The van der Waals surface area contributed by atoms with Crippen LogP contribution in [0, 0.1) is 12.7 Å². The Labute approximate surface area is 234 Å². The molecule has 2 aliphatic rings. The molecule has 0 saturated heterocycles. The van der Waals surface area contributed by atoms with E-state index in [0.717, 1.165) is 17.5 Å². The highest BCUT2D eigenvalue weighted by Crippen LogP contribution is 2.43. The lowest BCUT2D eigenvalue weighted by Crippen LogP contribution is -2.50. The fraction of sp³-hybridized carbons (Fsp3) is 0.407. The van der Waals surface area contributed by atoms with Crippen LogP contribution >= 0.6 is 0 Å². The number of hydrogen-bond donors (Lipinski definition) is 3. The molecular weight excluding hydrogens is 533 g/mol. The first-order valence-corrected chi connectivity index (χ1v) is 13.3. The van der Waals surface area contributed by atoms with Gasteiger partial charge in [0.05, 0.1) is 18.4 Å². The molecule has 0 bridgehead atoms. The highest BCUT2D eigenvalue weighted by atomic mass is 19.1. The fourth-order valence-corrected chi connectivity index (χ4v) is 5.18. The van der Waals surface area contributed by atoms with Crippen LogP contribution in [0.1, 0.15) is 61.6 Å². The SMILES string of the molecule is CO[C@]1(C(=O)N[C@@H](C)c2ccc(-n3cc(F)cn3)nc2)CC[C@H](c2nc(Nc3cc(C)[nH]n3)c3c(n2)OCO3)CC1. The standard InChI is InChI=1S/C27H30FN9O4/c1-15-10-20(36-35-15)32-24-22-25(41-14-40-22)34-23(33-24)17-6-8-27(39-3,9-7-17)26(38)31-16(2)18-4-5-21(29-11-18)37-13-19(28)12-30-37/h4-5,10-13,16-17H,6-9,14H2,1-3H3,(H,31,38)(H2,32,33,34,35,36)/t16-,17-,27+/m0/s1. The van der Waals surface area contributed by atoms with Gasteiger partial charge in [0.2, 0.25) is 12.5 Å². The van der Waals surface area contributed by atoms with Crippen molar-refractivity contribution in [3.63, 3.8) is 0 Å². The summed E-state index contributed by atoms with van der Waals surface area (Å²) in [5.74, 6) is 2.40. The van der Waals surface area contributed by atoms with Gasteiger partial charge >= 0.3 is 0 Å². The van der Waals surface area contributed by atoms with Gasteiger partial charge in [-0.1, -0.05) is 6.07 Å². The maximum Gasteiger partial charge on any atom is 0.265 e. The molecule has 4 aromatic heterocycles. The number of rotatable bonds is 8. The lowest BCUT2D eigenvalue weighted by atomic mass is 9.77. The Kier molecular flexibility index (Phi) is 6.99. The van der Waals surface area contributed by atoms with Gasteiger partial charge in [-0.3, -0.25) is 9.89 Å². The van der Waals surface area contributed by atoms with Crippen molar-refractivity contribution < 1.29 is 23.4 Å². The lowest BCUT2D eigenvalue weighted by molar-refractivity contribution is -0.148. The van der Waals surface area contributed by atoms with Gasteiger partial charge in [-0.25, -0.2) is 19.0 Å². The average molecular weight is 564 g/mol. The van der Waals surface area contributed by atoms with E-state index in [9.17, 15) is 9.18 Å². The fourth-order valence-electron chi connectivity index (χ4n) is 5.18. The van der Waals surface area contributed by atoms with E-state index in [1.165, 1.54) is 10.9 Å². The number of aryl methyl sites for hydroxylation is 1. The number of nitrogens with one attached hydrogen (secondary N) is 3. The molecule has 41 heavy (non-hydrogen) atoms. The van der Waals surface area contributed by atoms with E-state index in [2.05, 4.69) is 35.9 Å². The molecule has 6 rings (SSSR count). The monoisotopic (exact) mass is 563 g/mol. The zero-order valence-electron chi connectivity index (χ0n) is 22.8. The third kappa shape index (κ3) is 5.29. The van der Waals surface area contributed by atoms with Crippen molar-refractivity contribution in [1.29, 1.82) is 0 Å². The summed E-state index contributed by atoms with van der Waals surface area (Å²) in [6.07, 6.45) is 6.29. The van der Waals surface area contributed by atoms with Crippen molar-refractivity contribution in [1.82, 2.24) is 40.2 Å². The van der Waals surface area contributed by atoms with E-state index in [1.54, 1.807) is 19.4 Å². The third-order valence-electron chi connectivity index (χ3n) is 7.57. The van der Waals surface area contributed by atoms with E-state index in [0.29, 0.717) is 60.6 Å². The Morgan fingerprint density at radius 1 is 1.24 bits per heavy atom. The number of carbonyl (C=O) groups is 1. The Hall–Kier alpha value is -4.59. The minimum Gasteiger partial charge on any atom is -0.448 e. The molecule has 0 unspecified atom stereocenters. The van der Waals surface area contributed by atoms with Crippen LogP contribution in [0.2, 0.25) is 0 Å². The maximum atomic E-state index is 13.5. The Bertz CT molecular complexity index is 1550. The largest absolute Gasteiger partial charge is 0.448 e. The smallest absolute Gasteiger partial charge is 0.265 e. The van der Waals surface area contributed by atoms with Gasteiger partial charge in [0.1, 0.15) is 11.4 Å². The van der Waals surface area contributed by atoms with Crippen molar-refractivity contribution in [3.05, 3.63) is 59.7 Å². The zero-order chi connectivity index (χ0) is 28.6. The summed E-state index contributed by atoms with van der Waals surface area (Å²) in [7, 11) is 1.56. The maximum absolute atomic E-state index is 13.5. The number of methoxy groups -OCH3 is 1. The third-order valence-corrected chi connectivity index (χ3v) is 7.57. The van der Waals surface area contributed by atoms with Crippen LogP contribution in [0.15, 0.2) is 36.8 Å². The van der Waals surface area contributed by atoms with Crippen molar-refractivity contribution in [2.45, 2.75) is 57.1 Å². The molecule has 1 saturated carbocycles. The molecule has 0 radical (unpaired) electrons. The molecule has 1 atom stereocenters. The molecule has 13 nitrogen and oxygen atoms in total.